The molecule has 0 aliphatic carbocycles. The Kier molecular flexibility index (Phi) is 4.98. The molecule has 1 rings (SSSR count). The van der Waals surface area contributed by atoms with E-state index >= 15 is 0 Å². The first-order valence-corrected chi connectivity index (χ1v) is 5.15. The normalized spacial score (nSPS) is 10.3. The standard InChI is InChI=1S/C12H16FNO/c1-2-3-8-15-9-12(14)10-6-4-5-7-11(10)13/h4-7,14H,2-3,8-9H2,1H3. The van der Waals surface area contributed by atoms with Crippen molar-refractivity contribution >= 4 is 5.71 Å². The first kappa shape index (κ1) is 11.9. The quantitative estimate of drug-likeness (QED) is 0.567. The predicted octanol–water partition coefficient (Wildman–Crippen LogP) is 3.01. The Morgan fingerprint density at radius 1 is 1.40 bits per heavy atom. The Labute approximate surface area is 89.6 Å². The first-order chi connectivity index (χ1) is 7.25. The molecule has 0 aliphatic rings. The molecule has 0 fully saturated rings. The van der Waals surface area contributed by atoms with Crippen LogP contribution in [-0.4, -0.2) is 18.9 Å². The van der Waals surface area contributed by atoms with E-state index in [0.717, 1.165) is 12.8 Å². The Hall–Kier alpha value is -1.22. The minimum absolute atomic E-state index is 0.181. The van der Waals surface area contributed by atoms with Gasteiger partial charge in [0.15, 0.2) is 0 Å². The maximum atomic E-state index is 13.2. The number of unbranched alkanes of at least 4 members (excludes halogenated alkanes) is 1. The smallest absolute Gasteiger partial charge is 0.132 e. The molecule has 1 N–H and O–H groups in total. The van der Waals surface area contributed by atoms with Gasteiger partial charge in [-0.05, 0) is 12.5 Å². The highest BCUT2D eigenvalue weighted by molar-refractivity contribution is 5.99. The zero-order valence-electron chi connectivity index (χ0n) is 8.92. The molecule has 0 saturated carbocycles. The van der Waals surface area contributed by atoms with Gasteiger partial charge in [0.25, 0.3) is 0 Å². The summed E-state index contributed by atoms with van der Waals surface area (Å²) >= 11 is 0. The predicted molar refractivity (Wildman–Crippen MR) is 59.0 cm³/mol. The van der Waals surface area contributed by atoms with Gasteiger partial charge in [0, 0.05) is 12.2 Å². The summed E-state index contributed by atoms with van der Waals surface area (Å²) in [7, 11) is 0. The second-order valence-electron chi connectivity index (χ2n) is 3.36. The van der Waals surface area contributed by atoms with E-state index in [0.29, 0.717) is 12.2 Å². The fourth-order valence-corrected chi connectivity index (χ4v) is 1.20. The molecule has 0 heterocycles. The van der Waals surface area contributed by atoms with Gasteiger partial charge < -0.3 is 10.1 Å². The van der Waals surface area contributed by atoms with Crippen LogP contribution in [0.4, 0.5) is 4.39 Å². The Morgan fingerprint density at radius 3 is 2.80 bits per heavy atom. The van der Waals surface area contributed by atoms with Crippen LogP contribution in [0, 0.1) is 11.2 Å². The van der Waals surface area contributed by atoms with Crippen LogP contribution in [0.15, 0.2) is 24.3 Å². The van der Waals surface area contributed by atoms with Gasteiger partial charge in [-0.3, -0.25) is 0 Å². The van der Waals surface area contributed by atoms with Crippen LogP contribution >= 0.6 is 0 Å². The molecule has 0 atom stereocenters. The van der Waals surface area contributed by atoms with Crippen LogP contribution in [0.5, 0.6) is 0 Å². The second kappa shape index (κ2) is 6.30. The zero-order chi connectivity index (χ0) is 11.1. The molecular formula is C12H16FNO. The van der Waals surface area contributed by atoms with E-state index in [1.165, 1.54) is 6.07 Å². The van der Waals surface area contributed by atoms with E-state index < -0.39 is 0 Å². The topological polar surface area (TPSA) is 33.1 Å². The van der Waals surface area contributed by atoms with E-state index in [-0.39, 0.29) is 18.1 Å². The maximum absolute atomic E-state index is 13.2. The molecule has 0 amide bonds. The van der Waals surface area contributed by atoms with Gasteiger partial charge in [0.1, 0.15) is 5.82 Å². The zero-order valence-corrected chi connectivity index (χ0v) is 8.92. The highest BCUT2D eigenvalue weighted by Gasteiger charge is 2.06. The van der Waals surface area contributed by atoms with Crippen molar-refractivity contribution in [1.29, 1.82) is 5.41 Å². The van der Waals surface area contributed by atoms with E-state index in [1.54, 1.807) is 18.2 Å². The van der Waals surface area contributed by atoms with Gasteiger partial charge in [0.05, 0.1) is 12.3 Å². The molecule has 0 radical (unpaired) electrons. The van der Waals surface area contributed by atoms with Crippen molar-refractivity contribution in [2.24, 2.45) is 0 Å². The number of halogens is 1. The summed E-state index contributed by atoms with van der Waals surface area (Å²) in [5.41, 5.74) is 0.526. The number of hydrogen-bond donors (Lipinski definition) is 1. The summed E-state index contributed by atoms with van der Waals surface area (Å²) in [6, 6.07) is 6.29. The molecule has 0 aromatic heterocycles. The maximum Gasteiger partial charge on any atom is 0.132 e. The van der Waals surface area contributed by atoms with Crippen LogP contribution < -0.4 is 0 Å². The fourth-order valence-electron chi connectivity index (χ4n) is 1.20. The number of ether oxygens (including phenoxy) is 1. The first-order valence-electron chi connectivity index (χ1n) is 5.15. The molecule has 0 bridgehead atoms. The number of rotatable bonds is 6. The SMILES string of the molecule is CCCCOCC(=N)c1ccccc1F. The highest BCUT2D eigenvalue weighted by Crippen LogP contribution is 2.07. The lowest BCUT2D eigenvalue weighted by Crippen LogP contribution is -2.11. The lowest BCUT2D eigenvalue weighted by Gasteiger charge is -2.06. The van der Waals surface area contributed by atoms with Gasteiger partial charge in [0.2, 0.25) is 0 Å². The Balaban J connectivity index is 2.44. The average molecular weight is 209 g/mol. The molecule has 3 heteroatoms. The third kappa shape index (κ3) is 3.80. The second-order valence-corrected chi connectivity index (χ2v) is 3.36. The van der Waals surface area contributed by atoms with E-state index in [9.17, 15) is 4.39 Å². The minimum atomic E-state index is -0.360. The molecule has 0 unspecified atom stereocenters. The van der Waals surface area contributed by atoms with Crippen molar-refractivity contribution in [3.63, 3.8) is 0 Å². The number of nitrogens with one attached hydrogen (secondary N) is 1. The van der Waals surface area contributed by atoms with Crippen molar-refractivity contribution in [1.82, 2.24) is 0 Å². The van der Waals surface area contributed by atoms with Gasteiger partial charge >= 0.3 is 0 Å². The van der Waals surface area contributed by atoms with E-state index in [4.69, 9.17) is 10.1 Å². The molecule has 2 nitrogen and oxygen atoms in total. The molecular weight excluding hydrogens is 193 g/mol. The molecule has 1 aromatic rings. The van der Waals surface area contributed by atoms with Crippen LogP contribution in [0.3, 0.4) is 0 Å². The monoisotopic (exact) mass is 209 g/mol. The van der Waals surface area contributed by atoms with Crippen LogP contribution in [0.1, 0.15) is 25.3 Å². The van der Waals surface area contributed by atoms with E-state index in [1.807, 2.05) is 0 Å². The molecule has 0 saturated heterocycles. The van der Waals surface area contributed by atoms with Gasteiger partial charge in [-0.2, -0.15) is 0 Å². The molecule has 0 spiro atoms. The van der Waals surface area contributed by atoms with Crippen LogP contribution in [0.2, 0.25) is 0 Å². The van der Waals surface area contributed by atoms with Gasteiger partial charge in [-0.25, -0.2) is 4.39 Å². The number of benzene rings is 1. The van der Waals surface area contributed by atoms with Crippen molar-refractivity contribution in [3.8, 4) is 0 Å². The van der Waals surface area contributed by atoms with E-state index in [2.05, 4.69) is 6.92 Å². The summed E-state index contributed by atoms with van der Waals surface area (Å²) < 4.78 is 18.5. The van der Waals surface area contributed by atoms with Crippen molar-refractivity contribution < 1.29 is 9.13 Å². The molecule has 1 aromatic carbocycles. The van der Waals surface area contributed by atoms with Crippen molar-refractivity contribution in [2.45, 2.75) is 19.8 Å². The summed E-state index contributed by atoms with van der Waals surface area (Å²) in [6.07, 6.45) is 2.04. The van der Waals surface area contributed by atoms with Crippen molar-refractivity contribution in [2.75, 3.05) is 13.2 Å². The van der Waals surface area contributed by atoms with Gasteiger partial charge in [-0.1, -0.05) is 31.5 Å². The lowest BCUT2D eigenvalue weighted by atomic mass is 10.1. The Morgan fingerprint density at radius 2 is 2.13 bits per heavy atom. The average Bonchev–Trinajstić information content (AvgIpc) is 2.25. The lowest BCUT2D eigenvalue weighted by molar-refractivity contribution is 0.168. The summed E-state index contributed by atoms with van der Waals surface area (Å²) in [5.74, 6) is -0.360. The largest absolute Gasteiger partial charge is 0.375 e. The third-order valence-electron chi connectivity index (χ3n) is 2.09. The summed E-state index contributed by atoms with van der Waals surface area (Å²) in [4.78, 5) is 0. The van der Waals surface area contributed by atoms with Crippen molar-refractivity contribution in [3.05, 3.63) is 35.6 Å². The molecule has 82 valence electrons. The fraction of sp³-hybridized carbons (Fsp3) is 0.417. The summed E-state index contributed by atoms with van der Waals surface area (Å²) in [6.45, 7) is 2.89. The highest BCUT2D eigenvalue weighted by atomic mass is 19.1. The third-order valence-corrected chi connectivity index (χ3v) is 2.09. The van der Waals surface area contributed by atoms with Gasteiger partial charge in [-0.15, -0.1) is 0 Å². The summed E-state index contributed by atoms with van der Waals surface area (Å²) in [5, 5.41) is 7.64. The van der Waals surface area contributed by atoms with Crippen LogP contribution in [-0.2, 0) is 4.74 Å². The molecule has 0 aliphatic heterocycles. The number of hydrogen-bond acceptors (Lipinski definition) is 2. The Bertz CT molecular complexity index is 325. The van der Waals surface area contributed by atoms with Crippen LogP contribution in [0.25, 0.3) is 0 Å². The molecule has 15 heavy (non-hydrogen) atoms. The minimum Gasteiger partial charge on any atom is -0.375 e.